The molecule has 0 bridgehead atoms. The SMILES string of the molecule is NNC(=O)[C@H]1CSc2[nH]c(=O)sc2[C@H]1c1cccs1. The van der Waals surface area contributed by atoms with Gasteiger partial charge >= 0.3 is 4.87 Å². The minimum atomic E-state index is -0.243. The van der Waals surface area contributed by atoms with E-state index in [-0.39, 0.29) is 22.6 Å². The second-order valence-electron chi connectivity index (χ2n) is 4.13. The highest BCUT2D eigenvalue weighted by molar-refractivity contribution is 7.99. The molecule has 100 valence electrons. The van der Waals surface area contributed by atoms with Gasteiger partial charge in [0.05, 0.1) is 10.9 Å². The fraction of sp³-hybridized carbons (Fsp3) is 0.273. The average molecular weight is 313 g/mol. The first-order chi connectivity index (χ1) is 9.20. The van der Waals surface area contributed by atoms with E-state index in [1.54, 1.807) is 11.3 Å². The first-order valence-electron chi connectivity index (χ1n) is 5.60. The van der Waals surface area contributed by atoms with Crippen LogP contribution in [-0.2, 0) is 4.79 Å². The summed E-state index contributed by atoms with van der Waals surface area (Å²) in [5.41, 5.74) is 2.23. The van der Waals surface area contributed by atoms with Gasteiger partial charge in [-0.3, -0.25) is 15.0 Å². The van der Waals surface area contributed by atoms with Crippen molar-refractivity contribution in [2.75, 3.05) is 5.75 Å². The van der Waals surface area contributed by atoms with Crippen molar-refractivity contribution in [3.05, 3.63) is 36.9 Å². The standard InChI is InChI=1S/C11H11N3O2S3/c12-14-9(15)5-4-18-10-8(19-11(16)13-10)7(5)6-2-1-3-17-6/h1-3,5,7H,4,12H2,(H,13,16)(H,14,15)/t5-,7+/m0/s1. The van der Waals surface area contributed by atoms with Gasteiger partial charge in [-0.05, 0) is 11.4 Å². The lowest BCUT2D eigenvalue weighted by molar-refractivity contribution is -0.124. The third-order valence-electron chi connectivity index (χ3n) is 3.06. The van der Waals surface area contributed by atoms with Crippen LogP contribution in [0.3, 0.4) is 0 Å². The number of aromatic nitrogens is 1. The van der Waals surface area contributed by atoms with Crippen LogP contribution in [0, 0.1) is 5.92 Å². The van der Waals surface area contributed by atoms with E-state index in [4.69, 9.17) is 5.84 Å². The largest absolute Gasteiger partial charge is 0.307 e. The summed E-state index contributed by atoms with van der Waals surface area (Å²) < 4.78 is 0. The molecule has 3 heterocycles. The summed E-state index contributed by atoms with van der Waals surface area (Å²) in [5, 5.41) is 2.86. The molecular weight excluding hydrogens is 302 g/mol. The number of carbonyl (C=O) groups is 1. The quantitative estimate of drug-likeness (QED) is 0.443. The molecule has 8 heteroatoms. The van der Waals surface area contributed by atoms with Gasteiger partial charge < -0.3 is 4.98 Å². The van der Waals surface area contributed by atoms with Crippen molar-refractivity contribution in [1.82, 2.24) is 10.4 Å². The Morgan fingerprint density at radius 3 is 3.05 bits per heavy atom. The molecule has 5 nitrogen and oxygen atoms in total. The summed E-state index contributed by atoms with van der Waals surface area (Å²) in [6.45, 7) is 0. The van der Waals surface area contributed by atoms with Crippen molar-refractivity contribution in [2.24, 2.45) is 11.8 Å². The minimum Gasteiger partial charge on any atom is -0.307 e. The highest BCUT2D eigenvalue weighted by atomic mass is 32.2. The van der Waals surface area contributed by atoms with Gasteiger partial charge in [-0.1, -0.05) is 17.4 Å². The van der Waals surface area contributed by atoms with Crippen molar-refractivity contribution in [3.8, 4) is 0 Å². The number of aromatic amines is 1. The third-order valence-corrected chi connectivity index (χ3v) is 6.25. The zero-order chi connectivity index (χ0) is 13.4. The maximum absolute atomic E-state index is 12.0. The Hall–Kier alpha value is -1.09. The van der Waals surface area contributed by atoms with E-state index in [0.29, 0.717) is 5.75 Å². The van der Waals surface area contributed by atoms with Gasteiger partial charge in [0.1, 0.15) is 0 Å². The summed E-state index contributed by atoms with van der Waals surface area (Å²) in [6.07, 6.45) is 0. The van der Waals surface area contributed by atoms with E-state index in [9.17, 15) is 9.59 Å². The number of thiazole rings is 1. The Bertz CT molecular complexity index is 646. The minimum absolute atomic E-state index is 0.0761. The van der Waals surface area contributed by atoms with Crippen LogP contribution >= 0.6 is 34.4 Å². The van der Waals surface area contributed by atoms with E-state index in [1.807, 2.05) is 17.5 Å². The second kappa shape index (κ2) is 5.12. The second-order valence-corrected chi connectivity index (χ2v) is 7.15. The van der Waals surface area contributed by atoms with Gasteiger partial charge in [-0.2, -0.15) is 0 Å². The van der Waals surface area contributed by atoms with Crippen LogP contribution in [0.1, 0.15) is 15.7 Å². The van der Waals surface area contributed by atoms with Crippen molar-refractivity contribution >= 4 is 40.3 Å². The van der Waals surface area contributed by atoms with Gasteiger partial charge in [0, 0.05) is 21.4 Å². The van der Waals surface area contributed by atoms with Crippen LogP contribution < -0.4 is 16.1 Å². The number of rotatable bonds is 2. The van der Waals surface area contributed by atoms with Gasteiger partial charge in [-0.15, -0.1) is 23.1 Å². The molecular formula is C11H11N3O2S3. The zero-order valence-electron chi connectivity index (χ0n) is 9.71. The lowest BCUT2D eigenvalue weighted by atomic mass is 9.90. The first-order valence-corrected chi connectivity index (χ1v) is 8.28. The van der Waals surface area contributed by atoms with Crippen LogP contribution in [-0.4, -0.2) is 16.6 Å². The number of thioether (sulfide) groups is 1. The van der Waals surface area contributed by atoms with Gasteiger partial charge in [0.25, 0.3) is 0 Å². The molecule has 1 amide bonds. The normalized spacial score (nSPS) is 21.9. The predicted molar refractivity (Wildman–Crippen MR) is 77.6 cm³/mol. The number of nitrogens with one attached hydrogen (secondary N) is 2. The Balaban J connectivity index is 2.10. The van der Waals surface area contributed by atoms with Crippen LogP contribution in [0.15, 0.2) is 27.3 Å². The van der Waals surface area contributed by atoms with Crippen LogP contribution in [0.2, 0.25) is 0 Å². The average Bonchev–Trinajstić information content (AvgIpc) is 3.04. The lowest BCUT2D eigenvalue weighted by Gasteiger charge is -2.28. The van der Waals surface area contributed by atoms with E-state index >= 15 is 0 Å². The van der Waals surface area contributed by atoms with E-state index in [1.165, 1.54) is 23.1 Å². The number of fused-ring (bicyclic) bond motifs is 1. The fourth-order valence-electron chi connectivity index (χ4n) is 2.22. The predicted octanol–water partition coefficient (Wildman–Crippen LogP) is 1.34. The molecule has 0 saturated heterocycles. The highest BCUT2D eigenvalue weighted by Gasteiger charge is 2.38. The van der Waals surface area contributed by atoms with Gasteiger partial charge in [0.15, 0.2) is 0 Å². The van der Waals surface area contributed by atoms with Crippen LogP contribution in [0.25, 0.3) is 0 Å². The number of hydrazine groups is 1. The molecule has 19 heavy (non-hydrogen) atoms. The van der Waals surface area contributed by atoms with Gasteiger partial charge in [-0.25, -0.2) is 5.84 Å². The summed E-state index contributed by atoms with van der Waals surface area (Å²) >= 11 is 4.28. The summed E-state index contributed by atoms with van der Waals surface area (Å²) in [6, 6.07) is 3.95. The molecule has 2 atom stereocenters. The first kappa shape index (κ1) is 12.9. The number of hydrogen-bond donors (Lipinski definition) is 3. The van der Waals surface area contributed by atoms with Crippen LogP contribution in [0.5, 0.6) is 0 Å². The third kappa shape index (κ3) is 2.25. The lowest BCUT2D eigenvalue weighted by Crippen LogP contribution is -2.40. The van der Waals surface area contributed by atoms with Crippen molar-refractivity contribution in [3.63, 3.8) is 0 Å². The maximum atomic E-state index is 12.0. The molecule has 0 spiro atoms. The Morgan fingerprint density at radius 2 is 2.37 bits per heavy atom. The number of amides is 1. The fourth-order valence-corrected chi connectivity index (χ4v) is 5.60. The number of hydrogen-bond acceptors (Lipinski definition) is 6. The number of H-pyrrole nitrogens is 1. The molecule has 2 aromatic heterocycles. The van der Waals surface area contributed by atoms with E-state index in [2.05, 4.69) is 10.4 Å². The Kier molecular flexibility index (Phi) is 3.48. The molecule has 2 aromatic rings. The topological polar surface area (TPSA) is 88.0 Å². The summed E-state index contributed by atoms with van der Waals surface area (Å²) in [5.74, 6) is 5.38. The molecule has 4 N–H and O–H groups in total. The molecule has 0 unspecified atom stereocenters. The molecule has 1 aliphatic heterocycles. The smallest absolute Gasteiger partial charge is 0.305 e. The maximum Gasteiger partial charge on any atom is 0.305 e. The highest BCUT2D eigenvalue weighted by Crippen LogP contribution is 2.46. The Labute approximate surface area is 121 Å². The summed E-state index contributed by atoms with van der Waals surface area (Å²) in [4.78, 5) is 28.3. The monoisotopic (exact) mass is 313 g/mol. The molecule has 1 aliphatic rings. The van der Waals surface area contributed by atoms with Crippen molar-refractivity contribution in [2.45, 2.75) is 10.9 Å². The molecule has 0 aromatic carbocycles. The molecule has 0 radical (unpaired) electrons. The van der Waals surface area contributed by atoms with Crippen LogP contribution in [0.4, 0.5) is 0 Å². The Morgan fingerprint density at radius 1 is 1.53 bits per heavy atom. The molecule has 0 saturated carbocycles. The van der Waals surface area contributed by atoms with Crippen molar-refractivity contribution in [1.29, 1.82) is 0 Å². The molecule has 3 rings (SSSR count). The van der Waals surface area contributed by atoms with Gasteiger partial charge in [0.2, 0.25) is 5.91 Å². The number of thiophene rings is 1. The van der Waals surface area contributed by atoms with E-state index < -0.39 is 0 Å². The van der Waals surface area contributed by atoms with E-state index in [0.717, 1.165) is 14.8 Å². The number of carbonyl (C=O) groups excluding carboxylic acids is 1. The summed E-state index contributed by atoms with van der Waals surface area (Å²) in [7, 11) is 0. The van der Waals surface area contributed by atoms with Crippen molar-refractivity contribution < 1.29 is 4.79 Å². The zero-order valence-corrected chi connectivity index (χ0v) is 12.2. The number of nitrogens with two attached hydrogens (primary N) is 1. The molecule has 0 fully saturated rings. The molecule has 0 aliphatic carbocycles.